The fourth-order valence-corrected chi connectivity index (χ4v) is 3.79. The number of benzene rings is 1. The zero-order valence-corrected chi connectivity index (χ0v) is 13.2. The van der Waals surface area contributed by atoms with Gasteiger partial charge < -0.3 is 15.4 Å². The molecule has 2 aromatic rings. The number of thioether (sulfide) groups is 1. The van der Waals surface area contributed by atoms with E-state index in [9.17, 15) is 14.7 Å². The molecular formula is C16H18N2O3S. The van der Waals surface area contributed by atoms with Crippen molar-refractivity contribution in [3.63, 3.8) is 0 Å². The predicted octanol–water partition coefficient (Wildman–Crippen LogP) is 2.26. The molecule has 2 heterocycles. The van der Waals surface area contributed by atoms with E-state index in [4.69, 9.17) is 5.73 Å². The van der Waals surface area contributed by atoms with Crippen molar-refractivity contribution in [1.29, 1.82) is 0 Å². The van der Waals surface area contributed by atoms with E-state index in [1.807, 2.05) is 10.6 Å². The fraction of sp³-hybridized carbons (Fsp3) is 0.375. The lowest BCUT2D eigenvalue weighted by Gasteiger charge is -2.27. The van der Waals surface area contributed by atoms with Gasteiger partial charge in [-0.1, -0.05) is 0 Å². The molecule has 1 atom stereocenters. The molecule has 3 rings (SSSR count). The van der Waals surface area contributed by atoms with E-state index in [0.717, 1.165) is 34.6 Å². The third-order valence-electron chi connectivity index (χ3n) is 4.10. The molecule has 1 aromatic heterocycles. The van der Waals surface area contributed by atoms with Gasteiger partial charge in [-0.25, -0.2) is 4.79 Å². The van der Waals surface area contributed by atoms with Crippen LogP contribution in [0.1, 0.15) is 35.3 Å². The Morgan fingerprint density at radius 2 is 2.27 bits per heavy atom. The van der Waals surface area contributed by atoms with E-state index >= 15 is 0 Å². The van der Waals surface area contributed by atoms with Crippen LogP contribution >= 0.6 is 11.8 Å². The highest BCUT2D eigenvalue weighted by Gasteiger charge is 2.23. The summed E-state index contributed by atoms with van der Waals surface area (Å²) in [5, 5.41) is 9.80. The summed E-state index contributed by atoms with van der Waals surface area (Å²) >= 11 is 1.60. The van der Waals surface area contributed by atoms with Gasteiger partial charge in [0.25, 0.3) is 0 Å². The Morgan fingerprint density at radius 1 is 1.50 bits per heavy atom. The van der Waals surface area contributed by atoms with Crippen LogP contribution in [0.5, 0.6) is 0 Å². The summed E-state index contributed by atoms with van der Waals surface area (Å²) in [6.45, 7) is 2.62. The molecule has 3 N–H and O–H groups in total. The minimum Gasteiger partial charge on any atom is -0.477 e. The molecule has 0 amide bonds. The number of nitrogens with zero attached hydrogens (tertiary/aromatic N) is 1. The second-order valence-corrected chi connectivity index (χ2v) is 6.76. The fourth-order valence-electron chi connectivity index (χ4n) is 3.00. The molecule has 1 aliphatic heterocycles. The smallest absolute Gasteiger partial charge is 0.341 e. The maximum Gasteiger partial charge on any atom is 0.341 e. The van der Waals surface area contributed by atoms with Gasteiger partial charge >= 0.3 is 5.97 Å². The topological polar surface area (TPSA) is 85.3 Å². The summed E-state index contributed by atoms with van der Waals surface area (Å²) in [6, 6.07) is 4.10. The Balaban J connectivity index is 2.33. The minimum atomic E-state index is -1.17. The monoisotopic (exact) mass is 318 g/mol. The number of rotatable bonds is 4. The number of pyridine rings is 1. The standard InChI is InChI=1S/C16H18N2O3S/c1-9-2-3-10-6-11(22-5-4-17)7-12-14(10)18(9)8-13(15(12)19)16(20)21/h6-9H,2-5,17H2,1H3,(H,20,21). The number of carboxylic acid groups (broad SMARTS) is 1. The first-order valence-corrected chi connectivity index (χ1v) is 8.29. The predicted molar refractivity (Wildman–Crippen MR) is 88.0 cm³/mol. The van der Waals surface area contributed by atoms with Crippen molar-refractivity contribution in [1.82, 2.24) is 4.57 Å². The summed E-state index contributed by atoms with van der Waals surface area (Å²) in [4.78, 5) is 24.9. The van der Waals surface area contributed by atoms with Crippen LogP contribution in [0.2, 0.25) is 0 Å². The van der Waals surface area contributed by atoms with Crippen LogP contribution in [0.4, 0.5) is 0 Å². The maximum atomic E-state index is 12.5. The van der Waals surface area contributed by atoms with Gasteiger partial charge in [0.15, 0.2) is 0 Å². The number of hydrogen-bond acceptors (Lipinski definition) is 4. The largest absolute Gasteiger partial charge is 0.477 e. The van der Waals surface area contributed by atoms with E-state index in [1.54, 1.807) is 11.8 Å². The summed E-state index contributed by atoms with van der Waals surface area (Å²) in [5.74, 6) is -0.399. The molecule has 22 heavy (non-hydrogen) atoms. The van der Waals surface area contributed by atoms with Gasteiger partial charge in [-0.15, -0.1) is 11.8 Å². The van der Waals surface area contributed by atoms with Crippen LogP contribution in [-0.4, -0.2) is 27.9 Å². The lowest BCUT2D eigenvalue weighted by Crippen LogP contribution is -2.23. The lowest BCUT2D eigenvalue weighted by molar-refractivity contribution is 0.0694. The van der Waals surface area contributed by atoms with Crippen molar-refractivity contribution in [2.45, 2.75) is 30.7 Å². The molecule has 6 heteroatoms. The van der Waals surface area contributed by atoms with E-state index < -0.39 is 11.4 Å². The first kappa shape index (κ1) is 15.1. The molecular weight excluding hydrogens is 300 g/mol. The van der Waals surface area contributed by atoms with Gasteiger partial charge in [0, 0.05) is 34.8 Å². The number of hydrogen-bond donors (Lipinski definition) is 2. The first-order chi connectivity index (χ1) is 10.5. The Kier molecular flexibility index (Phi) is 3.97. The number of carboxylic acids is 1. The maximum absolute atomic E-state index is 12.5. The Labute approximate surface area is 132 Å². The molecule has 0 spiro atoms. The third-order valence-corrected chi connectivity index (χ3v) is 5.11. The van der Waals surface area contributed by atoms with Gasteiger partial charge in [-0.05, 0) is 37.5 Å². The molecule has 0 aliphatic carbocycles. The van der Waals surface area contributed by atoms with E-state index in [-0.39, 0.29) is 11.6 Å². The molecule has 1 aliphatic rings. The van der Waals surface area contributed by atoms with Crippen molar-refractivity contribution in [3.05, 3.63) is 39.7 Å². The third kappa shape index (κ3) is 2.42. The van der Waals surface area contributed by atoms with Crippen LogP contribution in [0.25, 0.3) is 10.9 Å². The zero-order valence-electron chi connectivity index (χ0n) is 12.3. The normalized spacial score (nSPS) is 16.9. The molecule has 0 saturated carbocycles. The minimum absolute atomic E-state index is 0.159. The lowest BCUT2D eigenvalue weighted by atomic mass is 9.96. The SMILES string of the molecule is CC1CCc2cc(SCCN)cc3c(=O)c(C(=O)O)cn1c23. The summed E-state index contributed by atoms with van der Waals surface area (Å²) in [7, 11) is 0. The number of nitrogens with two attached hydrogens (primary N) is 1. The van der Waals surface area contributed by atoms with Crippen molar-refractivity contribution in [3.8, 4) is 0 Å². The second-order valence-electron chi connectivity index (χ2n) is 5.59. The molecule has 1 aromatic carbocycles. The summed E-state index contributed by atoms with van der Waals surface area (Å²) < 4.78 is 1.94. The van der Waals surface area contributed by atoms with Gasteiger partial charge in [0.2, 0.25) is 5.43 Å². The number of carbonyl (C=O) groups is 1. The molecule has 116 valence electrons. The van der Waals surface area contributed by atoms with Crippen molar-refractivity contribution in [2.24, 2.45) is 5.73 Å². The van der Waals surface area contributed by atoms with E-state index in [1.165, 1.54) is 6.20 Å². The Hall–Kier alpha value is -1.79. The summed E-state index contributed by atoms with van der Waals surface area (Å²) in [6.07, 6.45) is 3.34. The van der Waals surface area contributed by atoms with Crippen LogP contribution in [0, 0.1) is 0 Å². The van der Waals surface area contributed by atoms with Crippen molar-refractivity contribution in [2.75, 3.05) is 12.3 Å². The highest BCUT2D eigenvalue weighted by atomic mass is 32.2. The van der Waals surface area contributed by atoms with Crippen LogP contribution in [0.15, 0.2) is 28.0 Å². The molecule has 0 saturated heterocycles. The van der Waals surface area contributed by atoms with Crippen molar-refractivity contribution < 1.29 is 9.90 Å². The van der Waals surface area contributed by atoms with Gasteiger partial charge in [-0.2, -0.15) is 0 Å². The van der Waals surface area contributed by atoms with Crippen molar-refractivity contribution >= 4 is 28.6 Å². The van der Waals surface area contributed by atoms with E-state index in [2.05, 4.69) is 13.0 Å². The Morgan fingerprint density at radius 3 is 2.95 bits per heavy atom. The van der Waals surface area contributed by atoms with Crippen LogP contribution < -0.4 is 11.2 Å². The molecule has 5 nitrogen and oxygen atoms in total. The van der Waals surface area contributed by atoms with E-state index in [0.29, 0.717) is 11.9 Å². The molecule has 0 bridgehead atoms. The number of aryl methyl sites for hydroxylation is 1. The van der Waals surface area contributed by atoms with Gasteiger partial charge in [0.05, 0.1) is 5.52 Å². The Bertz CT molecular complexity index is 813. The zero-order chi connectivity index (χ0) is 15.9. The second kappa shape index (κ2) is 5.78. The van der Waals surface area contributed by atoms with Crippen LogP contribution in [0.3, 0.4) is 0 Å². The molecule has 1 unspecified atom stereocenters. The van der Waals surface area contributed by atoms with Gasteiger partial charge in [-0.3, -0.25) is 4.79 Å². The molecule has 0 radical (unpaired) electrons. The number of aromatic nitrogens is 1. The first-order valence-electron chi connectivity index (χ1n) is 7.31. The molecule has 0 fully saturated rings. The highest BCUT2D eigenvalue weighted by molar-refractivity contribution is 7.99. The average molecular weight is 318 g/mol. The summed E-state index contributed by atoms with van der Waals surface area (Å²) in [5.41, 5.74) is 6.98. The number of aromatic carboxylic acids is 1. The average Bonchev–Trinajstić information content (AvgIpc) is 2.50. The van der Waals surface area contributed by atoms with Crippen LogP contribution in [-0.2, 0) is 6.42 Å². The van der Waals surface area contributed by atoms with Gasteiger partial charge in [0.1, 0.15) is 5.56 Å². The highest BCUT2D eigenvalue weighted by Crippen LogP contribution is 2.33. The quantitative estimate of drug-likeness (QED) is 0.845.